The Kier molecular flexibility index (Phi) is 6.50. The molecule has 0 saturated heterocycles. The summed E-state index contributed by atoms with van der Waals surface area (Å²) in [5, 5.41) is 0. The molecule has 0 radical (unpaired) electrons. The van der Waals surface area contributed by atoms with Crippen LogP contribution in [0.4, 0.5) is 0 Å². The molecule has 0 spiro atoms. The minimum absolute atomic E-state index is 0.311. The Morgan fingerprint density at radius 3 is 0.920 bits per heavy atom. The first kappa shape index (κ1) is 21.0. The maximum absolute atomic E-state index is 7.33. The molecule has 25 heavy (non-hydrogen) atoms. The zero-order chi connectivity index (χ0) is 19.1. The van der Waals surface area contributed by atoms with Crippen LogP contribution >= 0.6 is 18.8 Å². The SMILES string of the molecule is CC(C)n1ccn(C(C)C)[c]1=[Pt]([Cl])([Cl])=[c]1n(C(C)C)ccn1C(C)C. The summed E-state index contributed by atoms with van der Waals surface area (Å²) in [6.07, 6.45) is 8.47. The summed E-state index contributed by atoms with van der Waals surface area (Å²) in [5.41, 5.74) is 0. The van der Waals surface area contributed by atoms with Crippen molar-refractivity contribution in [3.63, 3.8) is 0 Å². The van der Waals surface area contributed by atoms with Gasteiger partial charge >= 0.3 is 162 Å². The van der Waals surface area contributed by atoms with Crippen LogP contribution in [0.25, 0.3) is 0 Å². The predicted octanol–water partition coefficient (Wildman–Crippen LogP) is 6.44. The van der Waals surface area contributed by atoms with Gasteiger partial charge in [-0.15, -0.1) is 0 Å². The van der Waals surface area contributed by atoms with Crippen LogP contribution in [0.15, 0.2) is 24.8 Å². The molecule has 0 aliphatic rings. The second-order valence-electron chi connectivity index (χ2n) is 7.45. The van der Waals surface area contributed by atoms with E-state index in [4.69, 9.17) is 18.8 Å². The van der Waals surface area contributed by atoms with Crippen LogP contribution < -0.4 is 0 Å². The summed E-state index contributed by atoms with van der Waals surface area (Å²) in [4.78, 5) is 0. The second kappa shape index (κ2) is 7.74. The van der Waals surface area contributed by atoms with Gasteiger partial charge in [0.05, 0.1) is 0 Å². The number of nitrogens with zero attached hydrogens (tertiary/aromatic N) is 4. The summed E-state index contributed by atoms with van der Waals surface area (Å²) in [6, 6.07) is 1.24. The molecule has 2 rings (SSSR count). The number of hydrogen-bond donors (Lipinski definition) is 0. The molecule has 2 aromatic rings. The van der Waals surface area contributed by atoms with Crippen molar-refractivity contribution >= 4 is 18.8 Å². The van der Waals surface area contributed by atoms with Crippen LogP contribution in [-0.2, 0) is 13.1 Å². The van der Waals surface area contributed by atoms with E-state index in [1.54, 1.807) is 0 Å². The van der Waals surface area contributed by atoms with E-state index in [1.165, 1.54) is 0 Å². The van der Waals surface area contributed by atoms with E-state index in [0.29, 0.717) is 24.2 Å². The second-order valence-corrected chi connectivity index (χ2v) is 19.0. The molecule has 0 amide bonds. The molecule has 0 aromatic carbocycles. The Balaban J connectivity index is 3.32. The van der Waals surface area contributed by atoms with Crippen molar-refractivity contribution in [3.8, 4) is 0 Å². The third kappa shape index (κ3) is 3.87. The van der Waals surface area contributed by atoms with E-state index in [0.717, 1.165) is 7.61 Å². The Morgan fingerprint density at radius 2 is 0.760 bits per heavy atom. The van der Waals surface area contributed by atoms with E-state index in [9.17, 15) is 0 Å². The van der Waals surface area contributed by atoms with E-state index in [2.05, 4.69) is 98.4 Å². The van der Waals surface area contributed by atoms with Gasteiger partial charge < -0.3 is 0 Å². The van der Waals surface area contributed by atoms with Crippen molar-refractivity contribution in [2.45, 2.75) is 79.6 Å². The molecular formula is C18H32Cl2N4Pt. The number of aromatic nitrogens is 4. The van der Waals surface area contributed by atoms with Crippen LogP contribution in [0.3, 0.4) is 0 Å². The zero-order valence-electron chi connectivity index (χ0n) is 16.5. The van der Waals surface area contributed by atoms with Gasteiger partial charge in [0.15, 0.2) is 0 Å². The molecule has 0 aliphatic heterocycles. The monoisotopic (exact) mass is 569 g/mol. The normalized spacial score (nSPS) is 13.7. The molecule has 0 fully saturated rings. The standard InChI is InChI=1S/2C9H16N2.2ClH.Pt/c2*1-8(2)10-5-6-11(7-10)9(3)4;;;/h2*5-6,8-9H,1-4H3;2*1H;/q;;;;+2/p-2. The van der Waals surface area contributed by atoms with Gasteiger partial charge in [0.1, 0.15) is 0 Å². The predicted molar refractivity (Wildman–Crippen MR) is 105 cm³/mol. The number of imidazole rings is 2. The third-order valence-corrected chi connectivity index (χ3v) is 12.5. The molecule has 0 N–H and O–H groups in total. The first-order valence-corrected chi connectivity index (χ1v) is 16.7. The summed E-state index contributed by atoms with van der Waals surface area (Å²) in [6.45, 7) is 17.4. The molecule has 0 bridgehead atoms. The third-order valence-electron chi connectivity index (χ3n) is 4.14. The molecule has 0 unspecified atom stereocenters. The van der Waals surface area contributed by atoms with Gasteiger partial charge in [-0.1, -0.05) is 0 Å². The quantitative estimate of drug-likeness (QED) is 0.403. The molecule has 2 aromatic heterocycles. The van der Waals surface area contributed by atoms with Crippen molar-refractivity contribution < 1.29 is 13.1 Å². The van der Waals surface area contributed by atoms with Crippen LogP contribution in [0, 0.1) is 7.61 Å². The Morgan fingerprint density at radius 1 is 0.560 bits per heavy atom. The van der Waals surface area contributed by atoms with Crippen molar-refractivity contribution in [1.29, 1.82) is 0 Å². The van der Waals surface area contributed by atoms with Crippen LogP contribution in [0.1, 0.15) is 79.6 Å². The van der Waals surface area contributed by atoms with E-state index < -0.39 is 13.1 Å². The minimum atomic E-state index is -3.53. The van der Waals surface area contributed by atoms with E-state index >= 15 is 0 Å². The van der Waals surface area contributed by atoms with Gasteiger partial charge in [-0.25, -0.2) is 0 Å². The van der Waals surface area contributed by atoms with Gasteiger partial charge in [0.2, 0.25) is 0 Å². The van der Waals surface area contributed by atoms with E-state index in [-0.39, 0.29) is 0 Å². The molecular weight excluding hydrogens is 538 g/mol. The molecule has 148 valence electrons. The van der Waals surface area contributed by atoms with Crippen molar-refractivity contribution in [1.82, 2.24) is 18.3 Å². The fraction of sp³-hybridized carbons (Fsp3) is 0.667. The summed E-state index contributed by atoms with van der Waals surface area (Å²) in [5.74, 6) is 0. The maximum atomic E-state index is 7.33. The van der Waals surface area contributed by atoms with Gasteiger partial charge in [0.25, 0.3) is 0 Å². The topological polar surface area (TPSA) is 19.7 Å². The van der Waals surface area contributed by atoms with Crippen LogP contribution in [-0.4, -0.2) is 18.3 Å². The number of halogens is 2. The Bertz CT molecular complexity index is 792. The molecule has 2 heterocycles. The number of hydrogen-bond acceptors (Lipinski definition) is 0. The molecule has 0 aliphatic carbocycles. The summed E-state index contributed by atoms with van der Waals surface area (Å²) < 4.78 is 11.2. The first-order chi connectivity index (χ1) is 11.5. The van der Waals surface area contributed by atoms with Gasteiger partial charge in [-0.3, -0.25) is 0 Å². The zero-order valence-corrected chi connectivity index (χ0v) is 20.3. The fourth-order valence-electron chi connectivity index (χ4n) is 2.73. The average Bonchev–Trinajstić information content (AvgIpc) is 3.12. The van der Waals surface area contributed by atoms with Crippen molar-refractivity contribution in [2.24, 2.45) is 0 Å². The number of rotatable bonds is 4. The Hall–Kier alpha value is -0.312. The summed E-state index contributed by atoms with van der Waals surface area (Å²) >= 11 is -3.53. The van der Waals surface area contributed by atoms with Gasteiger partial charge in [-0.2, -0.15) is 0 Å². The summed E-state index contributed by atoms with van der Waals surface area (Å²) in [7, 11) is 14.7. The Labute approximate surface area is 161 Å². The molecule has 0 saturated carbocycles. The average molecular weight is 570 g/mol. The first-order valence-electron chi connectivity index (χ1n) is 8.80. The molecule has 0 atom stereocenters. The fourth-order valence-corrected chi connectivity index (χ4v) is 13.2. The van der Waals surface area contributed by atoms with Crippen LogP contribution in [0.2, 0.25) is 0 Å². The van der Waals surface area contributed by atoms with Crippen molar-refractivity contribution in [2.75, 3.05) is 0 Å². The van der Waals surface area contributed by atoms with Gasteiger partial charge in [0, 0.05) is 0 Å². The van der Waals surface area contributed by atoms with E-state index in [1.807, 2.05) is 0 Å². The van der Waals surface area contributed by atoms with Gasteiger partial charge in [-0.05, 0) is 0 Å². The van der Waals surface area contributed by atoms with Crippen molar-refractivity contribution in [3.05, 3.63) is 32.4 Å². The molecule has 7 heteroatoms. The molecule has 4 nitrogen and oxygen atoms in total. The van der Waals surface area contributed by atoms with Crippen LogP contribution in [0.5, 0.6) is 0 Å².